The average Bonchev–Trinajstić information content (AvgIpc) is 3.38. The van der Waals surface area contributed by atoms with Gasteiger partial charge in [-0.15, -0.1) is 0 Å². The van der Waals surface area contributed by atoms with Gasteiger partial charge >= 0.3 is 0 Å². The van der Waals surface area contributed by atoms with Crippen LogP contribution < -0.4 is 15.1 Å². The number of anilines is 2. The zero-order chi connectivity index (χ0) is 26.3. The van der Waals surface area contributed by atoms with Crippen molar-refractivity contribution in [2.24, 2.45) is 0 Å². The number of hydrogen-bond donors (Lipinski definition) is 1. The molecule has 3 fully saturated rings. The first-order valence-electron chi connectivity index (χ1n) is 14.1. The molecule has 0 amide bonds. The molecule has 0 aliphatic carbocycles. The van der Waals surface area contributed by atoms with E-state index in [4.69, 9.17) is 14.5 Å². The zero-order valence-corrected chi connectivity index (χ0v) is 22.4. The minimum absolute atomic E-state index is 0.0825. The summed E-state index contributed by atoms with van der Waals surface area (Å²) >= 11 is 0. The van der Waals surface area contributed by atoms with Gasteiger partial charge in [0, 0.05) is 81.7 Å². The lowest BCUT2D eigenvalue weighted by Gasteiger charge is -2.40. The first-order chi connectivity index (χ1) is 19.2. The number of aromatic nitrogens is 2. The van der Waals surface area contributed by atoms with Crippen LogP contribution in [0.15, 0.2) is 42.6 Å². The Balaban J connectivity index is 1.07. The van der Waals surface area contributed by atoms with E-state index in [9.17, 15) is 5.26 Å². The van der Waals surface area contributed by atoms with Gasteiger partial charge in [0.05, 0.1) is 42.0 Å². The molecule has 3 saturated heterocycles. The van der Waals surface area contributed by atoms with E-state index in [0.29, 0.717) is 11.6 Å². The van der Waals surface area contributed by atoms with Crippen molar-refractivity contribution < 1.29 is 9.47 Å². The van der Waals surface area contributed by atoms with E-state index < -0.39 is 0 Å². The number of nitrogens with one attached hydrogen (secondary N) is 1. The smallest absolute Gasteiger partial charge is 0.129 e. The van der Waals surface area contributed by atoms with Crippen molar-refractivity contribution in [2.45, 2.75) is 44.2 Å². The number of ether oxygens (including phenoxy) is 2. The monoisotopic (exact) mass is 525 g/mol. The third-order valence-corrected chi connectivity index (χ3v) is 8.57. The summed E-state index contributed by atoms with van der Waals surface area (Å²) in [5.74, 6) is 1.09. The summed E-state index contributed by atoms with van der Waals surface area (Å²) < 4.78 is 12.7. The summed E-state index contributed by atoms with van der Waals surface area (Å²) in [7, 11) is 0. The predicted molar refractivity (Wildman–Crippen MR) is 150 cm³/mol. The Morgan fingerprint density at radius 3 is 3.00 bits per heavy atom. The van der Waals surface area contributed by atoms with E-state index >= 15 is 0 Å². The normalized spacial score (nSPS) is 27.3. The van der Waals surface area contributed by atoms with Crippen LogP contribution in [0.1, 0.15) is 23.7 Å². The number of fused-ring (bicyclic) bond motifs is 3. The fraction of sp³-hybridized carbons (Fsp3) is 0.500. The lowest BCUT2D eigenvalue weighted by atomic mass is 10.1. The Kier molecular flexibility index (Phi) is 6.57. The standard InChI is InChI=1S/C30H35N7O2/c1-20-15-36(26-6-4-21(13-31)30-24(26)3-2-9-33-30)17-23(39-20)16-35-18-27-28(19-35)38-12-11-37(27)29-7-5-22-14-32-10-8-25(22)34-29/h2-7,9,20,23,27-28,32H,8,10-12,14-19H2,1H3/t20-,23+,27+,28-/m1/s1. The fourth-order valence-electron chi connectivity index (χ4n) is 6.84. The number of pyridine rings is 2. The molecule has 7 rings (SSSR count). The highest BCUT2D eigenvalue weighted by molar-refractivity contribution is 5.95. The molecule has 9 heteroatoms. The lowest BCUT2D eigenvalue weighted by Crippen LogP contribution is -2.52. The van der Waals surface area contributed by atoms with Crippen LogP contribution in [0.5, 0.6) is 0 Å². The van der Waals surface area contributed by atoms with Crippen molar-refractivity contribution in [3.05, 3.63) is 59.4 Å². The summed E-state index contributed by atoms with van der Waals surface area (Å²) in [5.41, 5.74) is 5.05. The van der Waals surface area contributed by atoms with Crippen molar-refractivity contribution in [3.63, 3.8) is 0 Å². The van der Waals surface area contributed by atoms with Gasteiger partial charge < -0.3 is 24.6 Å². The molecule has 202 valence electrons. The first kappa shape index (κ1) is 24.7. The minimum Gasteiger partial charge on any atom is -0.373 e. The summed E-state index contributed by atoms with van der Waals surface area (Å²) in [4.78, 5) is 17.0. The van der Waals surface area contributed by atoms with Gasteiger partial charge in [0.25, 0.3) is 0 Å². The molecule has 0 bridgehead atoms. The fourth-order valence-corrected chi connectivity index (χ4v) is 6.84. The van der Waals surface area contributed by atoms with Crippen molar-refractivity contribution >= 4 is 22.4 Å². The van der Waals surface area contributed by atoms with Crippen LogP contribution in [-0.2, 0) is 22.4 Å². The number of rotatable bonds is 4. The van der Waals surface area contributed by atoms with Gasteiger partial charge in [0.15, 0.2) is 0 Å². The number of nitrogens with zero attached hydrogens (tertiary/aromatic N) is 6. The molecule has 6 heterocycles. The Morgan fingerprint density at radius 1 is 1.13 bits per heavy atom. The van der Waals surface area contributed by atoms with Gasteiger partial charge in [0.1, 0.15) is 11.9 Å². The summed E-state index contributed by atoms with van der Waals surface area (Å²) in [6, 6.07) is 15.0. The van der Waals surface area contributed by atoms with Crippen LogP contribution in [0.25, 0.3) is 10.9 Å². The molecule has 4 aliphatic heterocycles. The van der Waals surface area contributed by atoms with Gasteiger partial charge in [-0.2, -0.15) is 5.26 Å². The maximum Gasteiger partial charge on any atom is 0.129 e. The molecular formula is C30H35N7O2. The molecule has 4 atom stereocenters. The molecule has 2 aromatic heterocycles. The van der Waals surface area contributed by atoms with Crippen LogP contribution in [0.4, 0.5) is 11.5 Å². The molecule has 0 spiro atoms. The van der Waals surface area contributed by atoms with Crippen molar-refractivity contribution in [1.29, 1.82) is 5.26 Å². The topological polar surface area (TPSA) is 89.8 Å². The van der Waals surface area contributed by atoms with Gasteiger partial charge in [0.2, 0.25) is 0 Å². The number of morpholine rings is 2. The molecule has 0 saturated carbocycles. The molecular weight excluding hydrogens is 490 g/mol. The third-order valence-electron chi connectivity index (χ3n) is 8.57. The second kappa shape index (κ2) is 10.4. The van der Waals surface area contributed by atoms with E-state index in [2.05, 4.69) is 62.3 Å². The summed E-state index contributed by atoms with van der Waals surface area (Å²) in [6.45, 7) is 10.0. The summed E-state index contributed by atoms with van der Waals surface area (Å²) in [5, 5.41) is 14.0. The van der Waals surface area contributed by atoms with E-state index in [0.717, 1.165) is 87.8 Å². The van der Waals surface area contributed by atoms with E-state index in [1.807, 2.05) is 12.1 Å². The number of benzene rings is 1. The molecule has 1 aromatic carbocycles. The average molecular weight is 526 g/mol. The molecule has 1 N–H and O–H groups in total. The minimum atomic E-state index is 0.0825. The van der Waals surface area contributed by atoms with Crippen molar-refractivity contribution in [3.8, 4) is 6.07 Å². The Hall–Kier alpha value is -3.29. The second-order valence-electron chi connectivity index (χ2n) is 11.2. The molecule has 3 aromatic rings. The Labute approximate surface area is 229 Å². The third kappa shape index (κ3) is 4.72. The van der Waals surface area contributed by atoms with Crippen LogP contribution in [0, 0.1) is 11.3 Å². The SMILES string of the molecule is C[C@@H]1CN(c2ccc(C#N)c3ncccc23)C[C@H](CN2C[C@H]3OCCN(c4ccc5c(n4)CCNC5)[C@H]3C2)O1. The van der Waals surface area contributed by atoms with Crippen molar-refractivity contribution in [1.82, 2.24) is 20.2 Å². The van der Waals surface area contributed by atoms with Crippen LogP contribution >= 0.6 is 0 Å². The number of hydrogen-bond acceptors (Lipinski definition) is 9. The lowest BCUT2D eigenvalue weighted by molar-refractivity contribution is -0.0317. The maximum absolute atomic E-state index is 9.56. The molecule has 9 nitrogen and oxygen atoms in total. The van der Waals surface area contributed by atoms with Crippen LogP contribution in [0.3, 0.4) is 0 Å². The quantitative estimate of drug-likeness (QED) is 0.551. The molecule has 4 aliphatic rings. The first-order valence-corrected chi connectivity index (χ1v) is 14.1. The maximum atomic E-state index is 9.56. The Bertz CT molecular complexity index is 1410. The van der Waals surface area contributed by atoms with Gasteiger partial charge in [-0.1, -0.05) is 6.07 Å². The number of nitriles is 1. The molecule has 39 heavy (non-hydrogen) atoms. The van der Waals surface area contributed by atoms with Gasteiger partial charge in [-0.3, -0.25) is 9.88 Å². The van der Waals surface area contributed by atoms with E-state index in [1.54, 1.807) is 6.20 Å². The van der Waals surface area contributed by atoms with Gasteiger partial charge in [-0.05, 0) is 42.8 Å². The summed E-state index contributed by atoms with van der Waals surface area (Å²) in [6.07, 6.45) is 3.12. The van der Waals surface area contributed by atoms with Crippen LogP contribution in [0.2, 0.25) is 0 Å². The largest absolute Gasteiger partial charge is 0.373 e. The van der Waals surface area contributed by atoms with E-state index in [1.165, 1.54) is 11.3 Å². The highest BCUT2D eigenvalue weighted by Crippen LogP contribution is 2.32. The highest BCUT2D eigenvalue weighted by Gasteiger charge is 2.42. The van der Waals surface area contributed by atoms with Gasteiger partial charge in [-0.25, -0.2) is 4.98 Å². The predicted octanol–water partition coefficient (Wildman–Crippen LogP) is 2.33. The zero-order valence-electron chi connectivity index (χ0n) is 22.4. The molecule has 0 unspecified atom stereocenters. The van der Waals surface area contributed by atoms with Crippen LogP contribution in [-0.4, -0.2) is 91.6 Å². The van der Waals surface area contributed by atoms with Crippen molar-refractivity contribution in [2.75, 3.05) is 62.2 Å². The second-order valence-corrected chi connectivity index (χ2v) is 11.2. The number of likely N-dealkylation sites (tertiary alicyclic amines) is 1. The Morgan fingerprint density at radius 2 is 2.08 bits per heavy atom. The van der Waals surface area contributed by atoms with E-state index in [-0.39, 0.29) is 18.3 Å². The molecule has 0 radical (unpaired) electrons. The highest BCUT2D eigenvalue weighted by atomic mass is 16.5.